The number of nitrogen functional groups attached to an aromatic ring is 1. The fourth-order valence-corrected chi connectivity index (χ4v) is 1.66. The van der Waals surface area contributed by atoms with E-state index < -0.39 is 0 Å². The molecule has 0 fully saturated rings. The summed E-state index contributed by atoms with van der Waals surface area (Å²) in [6.07, 6.45) is 0. The topological polar surface area (TPSA) is 68.3 Å². The van der Waals surface area contributed by atoms with Crippen LogP contribution >= 0.6 is 0 Å². The number of rotatable bonds is 4. The average Bonchev–Trinajstić information content (AvgIpc) is 2.43. The highest BCUT2D eigenvalue weighted by molar-refractivity contribution is 5.64. The van der Waals surface area contributed by atoms with Crippen molar-refractivity contribution in [3.63, 3.8) is 0 Å². The first-order valence-corrected chi connectivity index (χ1v) is 5.94. The molecule has 2 N–H and O–H groups in total. The molecule has 0 aliphatic carbocycles. The lowest BCUT2D eigenvalue weighted by atomic mass is 10.2. The molecule has 2 aromatic rings. The van der Waals surface area contributed by atoms with Gasteiger partial charge in [0.15, 0.2) is 17.2 Å². The Morgan fingerprint density at radius 3 is 2.42 bits per heavy atom. The number of nitrogens with zero attached hydrogens (tertiary/aromatic N) is 1. The van der Waals surface area contributed by atoms with E-state index in [0.29, 0.717) is 35.1 Å². The average molecular weight is 254 g/mol. The zero-order valence-electron chi connectivity index (χ0n) is 10.6. The Labute approximate surface area is 112 Å². The van der Waals surface area contributed by atoms with Gasteiger partial charge in [0.1, 0.15) is 6.07 Å². The van der Waals surface area contributed by atoms with Crippen LogP contribution < -0.4 is 15.2 Å². The fourth-order valence-electron chi connectivity index (χ4n) is 1.66. The Kier molecular flexibility index (Phi) is 3.89. The molecule has 4 heteroatoms. The molecule has 0 atom stereocenters. The normalized spacial score (nSPS) is 9.68. The Morgan fingerprint density at radius 1 is 1.05 bits per heavy atom. The van der Waals surface area contributed by atoms with Crippen molar-refractivity contribution in [1.82, 2.24) is 0 Å². The van der Waals surface area contributed by atoms with Gasteiger partial charge in [-0.05, 0) is 31.2 Å². The number of hydrogen-bond acceptors (Lipinski definition) is 4. The lowest BCUT2D eigenvalue weighted by Gasteiger charge is -2.13. The van der Waals surface area contributed by atoms with E-state index >= 15 is 0 Å². The first-order valence-electron chi connectivity index (χ1n) is 5.94. The molecule has 0 aliphatic rings. The zero-order chi connectivity index (χ0) is 13.7. The van der Waals surface area contributed by atoms with Gasteiger partial charge >= 0.3 is 0 Å². The third-order valence-corrected chi connectivity index (χ3v) is 2.56. The Bertz CT molecular complexity index is 618. The molecule has 0 unspecified atom stereocenters. The maximum absolute atomic E-state index is 8.94. The molecule has 0 spiro atoms. The summed E-state index contributed by atoms with van der Waals surface area (Å²) in [6, 6.07) is 14.5. The van der Waals surface area contributed by atoms with E-state index in [2.05, 4.69) is 0 Å². The van der Waals surface area contributed by atoms with E-state index in [1.807, 2.05) is 31.2 Å². The first kappa shape index (κ1) is 12.8. The summed E-state index contributed by atoms with van der Waals surface area (Å²) in [5, 5.41) is 8.94. The number of anilines is 1. The monoisotopic (exact) mass is 254 g/mol. The Balaban J connectivity index is 2.34. The smallest absolute Gasteiger partial charge is 0.169 e. The predicted octanol–water partition coefficient (Wildman–Crippen LogP) is 3.33. The molecule has 96 valence electrons. The van der Waals surface area contributed by atoms with Crippen LogP contribution in [0.4, 0.5) is 5.69 Å². The van der Waals surface area contributed by atoms with Gasteiger partial charge in [-0.25, -0.2) is 0 Å². The van der Waals surface area contributed by atoms with Crippen LogP contribution in [0.3, 0.4) is 0 Å². The summed E-state index contributed by atoms with van der Waals surface area (Å²) in [7, 11) is 0. The summed E-state index contributed by atoms with van der Waals surface area (Å²) < 4.78 is 11.2. The lowest BCUT2D eigenvalue weighted by molar-refractivity contribution is 0.321. The van der Waals surface area contributed by atoms with Crippen LogP contribution in [-0.2, 0) is 0 Å². The number of para-hydroxylation sites is 3. The van der Waals surface area contributed by atoms with E-state index in [-0.39, 0.29) is 0 Å². The van der Waals surface area contributed by atoms with Gasteiger partial charge in [0.2, 0.25) is 0 Å². The zero-order valence-corrected chi connectivity index (χ0v) is 10.6. The number of hydrogen-bond donors (Lipinski definition) is 1. The summed E-state index contributed by atoms with van der Waals surface area (Å²) in [5.41, 5.74) is 6.60. The van der Waals surface area contributed by atoms with Crippen LogP contribution in [0.2, 0.25) is 0 Å². The first-order chi connectivity index (χ1) is 9.26. The highest BCUT2D eigenvalue weighted by Crippen LogP contribution is 2.34. The van der Waals surface area contributed by atoms with Crippen LogP contribution in [0, 0.1) is 11.3 Å². The van der Waals surface area contributed by atoms with E-state index in [4.69, 9.17) is 20.5 Å². The van der Waals surface area contributed by atoms with Gasteiger partial charge in [-0.15, -0.1) is 0 Å². The van der Waals surface area contributed by atoms with Crippen molar-refractivity contribution in [2.45, 2.75) is 6.92 Å². The number of ether oxygens (including phenoxy) is 2. The van der Waals surface area contributed by atoms with Crippen molar-refractivity contribution in [3.8, 4) is 23.3 Å². The minimum Gasteiger partial charge on any atom is -0.490 e. The van der Waals surface area contributed by atoms with Crippen molar-refractivity contribution >= 4 is 5.69 Å². The SMILES string of the molecule is CCOc1ccccc1Oc1cccc(C#N)c1N. The Hall–Kier alpha value is -2.67. The van der Waals surface area contributed by atoms with Crippen LogP contribution in [0.5, 0.6) is 17.2 Å². The lowest BCUT2D eigenvalue weighted by Crippen LogP contribution is -1.98. The predicted molar refractivity (Wildman–Crippen MR) is 73.3 cm³/mol. The highest BCUT2D eigenvalue weighted by Gasteiger charge is 2.09. The van der Waals surface area contributed by atoms with Crippen molar-refractivity contribution in [1.29, 1.82) is 5.26 Å². The number of benzene rings is 2. The fraction of sp³-hybridized carbons (Fsp3) is 0.133. The van der Waals surface area contributed by atoms with Crippen molar-refractivity contribution in [2.24, 2.45) is 0 Å². The van der Waals surface area contributed by atoms with Gasteiger partial charge < -0.3 is 15.2 Å². The quantitative estimate of drug-likeness (QED) is 0.850. The molecule has 2 rings (SSSR count). The van der Waals surface area contributed by atoms with Gasteiger partial charge in [-0.2, -0.15) is 5.26 Å². The summed E-state index contributed by atoms with van der Waals surface area (Å²) in [6.45, 7) is 2.45. The maximum Gasteiger partial charge on any atom is 0.169 e. The van der Waals surface area contributed by atoms with Gasteiger partial charge in [0, 0.05) is 0 Å². The van der Waals surface area contributed by atoms with Crippen LogP contribution in [0.15, 0.2) is 42.5 Å². The molecule has 0 radical (unpaired) electrons. The van der Waals surface area contributed by atoms with Gasteiger partial charge in [-0.3, -0.25) is 0 Å². The van der Waals surface area contributed by atoms with Crippen LogP contribution in [0.1, 0.15) is 12.5 Å². The van der Waals surface area contributed by atoms with Gasteiger partial charge in [0.25, 0.3) is 0 Å². The van der Waals surface area contributed by atoms with E-state index in [9.17, 15) is 0 Å². The van der Waals surface area contributed by atoms with E-state index in [1.54, 1.807) is 24.3 Å². The maximum atomic E-state index is 8.94. The standard InChI is InChI=1S/C15H14N2O2/c1-2-18-12-7-3-4-8-13(12)19-14-9-5-6-11(10-16)15(14)17/h3-9H,2,17H2,1H3. The number of nitriles is 1. The van der Waals surface area contributed by atoms with Crippen molar-refractivity contribution in [3.05, 3.63) is 48.0 Å². The van der Waals surface area contributed by atoms with E-state index in [1.165, 1.54) is 0 Å². The Morgan fingerprint density at radius 2 is 1.74 bits per heavy atom. The number of nitrogens with two attached hydrogens (primary N) is 1. The second-order valence-electron chi connectivity index (χ2n) is 3.81. The van der Waals surface area contributed by atoms with Crippen molar-refractivity contribution < 1.29 is 9.47 Å². The molecule has 0 saturated carbocycles. The third kappa shape index (κ3) is 2.78. The summed E-state index contributed by atoms with van der Waals surface area (Å²) in [5.74, 6) is 1.67. The summed E-state index contributed by atoms with van der Waals surface area (Å²) in [4.78, 5) is 0. The molecular formula is C15H14N2O2. The second-order valence-corrected chi connectivity index (χ2v) is 3.81. The molecular weight excluding hydrogens is 240 g/mol. The molecule has 0 aromatic heterocycles. The molecule has 0 aliphatic heterocycles. The molecule has 4 nitrogen and oxygen atoms in total. The van der Waals surface area contributed by atoms with Crippen molar-refractivity contribution in [2.75, 3.05) is 12.3 Å². The van der Waals surface area contributed by atoms with Gasteiger partial charge in [-0.1, -0.05) is 18.2 Å². The third-order valence-electron chi connectivity index (χ3n) is 2.56. The second kappa shape index (κ2) is 5.78. The highest BCUT2D eigenvalue weighted by atomic mass is 16.5. The molecule has 0 saturated heterocycles. The molecule has 0 heterocycles. The molecule has 0 bridgehead atoms. The molecule has 19 heavy (non-hydrogen) atoms. The minimum absolute atomic E-state index is 0.330. The largest absolute Gasteiger partial charge is 0.490 e. The molecule has 2 aromatic carbocycles. The molecule has 0 amide bonds. The van der Waals surface area contributed by atoms with Crippen LogP contribution in [-0.4, -0.2) is 6.61 Å². The van der Waals surface area contributed by atoms with E-state index in [0.717, 1.165) is 0 Å². The van der Waals surface area contributed by atoms with Gasteiger partial charge in [0.05, 0.1) is 17.9 Å². The van der Waals surface area contributed by atoms with Crippen LogP contribution in [0.25, 0.3) is 0 Å². The summed E-state index contributed by atoms with van der Waals surface area (Å²) >= 11 is 0. The minimum atomic E-state index is 0.330.